The molecule has 0 aromatic carbocycles. The predicted octanol–water partition coefficient (Wildman–Crippen LogP) is 4.99. The molecule has 2 heterocycles. The Labute approximate surface area is 197 Å². The molecule has 8 heteroatoms. The van der Waals surface area contributed by atoms with E-state index in [9.17, 15) is 9.59 Å². The average Bonchev–Trinajstić information content (AvgIpc) is 3.04. The molecule has 2 fully saturated rings. The van der Waals surface area contributed by atoms with Gasteiger partial charge in [0.2, 0.25) is 22.3 Å². The monoisotopic (exact) mass is 474 g/mol. The molecule has 2 aliphatic heterocycles. The van der Waals surface area contributed by atoms with Gasteiger partial charge in [0.05, 0.1) is 0 Å². The normalized spacial score (nSPS) is 34.4. The third-order valence-electron chi connectivity index (χ3n) is 6.81. The number of methoxy groups -OCH3 is 2. The smallest absolute Gasteiger partial charge is 0.339 e. The largest absolute Gasteiger partial charge is 0.457 e. The summed E-state index contributed by atoms with van der Waals surface area (Å²) in [4.78, 5) is 26.2. The van der Waals surface area contributed by atoms with Gasteiger partial charge in [-0.2, -0.15) is 0 Å². The van der Waals surface area contributed by atoms with Crippen LogP contribution in [0.15, 0.2) is 0 Å². The number of hydrogen-bond acceptors (Lipinski definition) is 8. The first kappa shape index (κ1) is 27.6. The molecule has 0 amide bonds. The number of rotatable bonds is 14. The molecule has 2 rings (SSSR count). The summed E-state index contributed by atoms with van der Waals surface area (Å²) in [7, 11) is 2.93. The standard InChI is InChI=1S/C24H42O7S/c1-7-9-10-11-12-13-14-15-16-17-18-24(21(26)32-8-2)19(20(25)29-18)30-22(3,27-5)23(4,28-6)31-24/h18-19H,7-17H2,1-6H3/t18-,19+,22-,23-,24-/m1/s1. The van der Waals surface area contributed by atoms with Gasteiger partial charge in [0.1, 0.15) is 6.10 Å². The third-order valence-corrected chi connectivity index (χ3v) is 7.68. The van der Waals surface area contributed by atoms with Crippen molar-refractivity contribution in [1.29, 1.82) is 0 Å². The highest BCUT2D eigenvalue weighted by Gasteiger charge is 2.73. The maximum Gasteiger partial charge on any atom is 0.339 e. The van der Waals surface area contributed by atoms with Crippen LogP contribution in [0, 0.1) is 0 Å². The van der Waals surface area contributed by atoms with E-state index in [0.29, 0.717) is 12.2 Å². The van der Waals surface area contributed by atoms with Gasteiger partial charge in [-0.1, -0.05) is 77.0 Å². The summed E-state index contributed by atoms with van der Waals surface area (Å²) < 4.78 is 29.3. The van der Waals surface area contributed by atoms with E-state index in [0.717, 1.165) is 31.0 Å². The van der Waals surface area contributed by atoms with Gasteiger partial charge < -0.3 is 23.7 Å². The van der Waals surface area contributed by atoms with Crippen molar-refractivity contribution >= 4 is 22.8 Å². The number of cyclic esters (lactones) is 1. The molecule has 0 bridgehead atoms. The fourth-order valence-electron chi connectivity index (χ4n) is 4.53. The van der Waals surface area contributed by atoms with Gasteiger partial charge in [0.15, 0.2) is 6.10 Å². The van der Waals surface area contributed by atoms with E-state index in [-0.39, 0.29) is 5.12 Å². The zero-order valence-electron chi connectivity index (χ0n) is 20.7. The minimum absolute atomic E-state index is 0.266. The molecule has 5 atom stereocenters. The van der Waals surface area contributed by atoms with Gasteiger partial charge >= 0.3 is 5.97 Å². The fraction of sp³-hybridized carbons (Fsp3) is 0.917. The minimum atomic E-state index is -1.55. The molecular formula is C24H42O7S. The summed E-state index contributed by atoms with van der Waals surface area (Å²) in [5.41, 5.74) is -1.55. The summed E-state index contributed by atoms with van der Waals surface area (Å²) in [6, 6.07) is 0. The summed E-state index contributed by atoms with van der Waals surface area (Å²) in [5.74, 6) is -2.80. The van der Waals surface area contributed by atoms with E-state index in [4.69, 9.17) is 23.7 Å². The van der Waals surface area contributed by atoms with E-state index >= 15 is 0 Å². The lowest BCUT2D eigenvalue weighted by atomic mass is 9.87. The maximum atomic E-state index is 13.4. The van der Waals surface area contributed by atoms with Gasteiger partial charge in [0, 0.05) is 14.2 Å². The molecule has 0 aromatic heterocycles. The molecule has 7 nitrogen and oxygen atoms in total. The number of unbranched alkanes of at least 4 members (excludes halogenated alkanes) is 8. The van der Waals surface area contributed by atoms with Gasteiger partial charge in [-0.05, 0) is 32.4 Å². The van der Waals surface area contributed by atoms with Crippen LogP contribution in [0.4, 0.5) is 0 Å². The van der Waals surface area contributed by atoms with Crippen molar-refractivity contribution in [1.82, 2.24) is 0 Å². The Bertz CT molecular complexity index is 629. The van der Waals surface area contributed by atoms with Crippen molar-refractivity contribution in [3.63, 3.8) is 0 Å². The van der Waals surface area contributed by atoms with Crippen LogP contribution in [0.5, 0.6) is 0 Å². The lowest BCUT2D eigenvalue weighted by Crippen LogP contribution is -2.73. The Morgan fingerprint density at radius 3 is 2.03 bits per heavy atom. The van der Waals surface area contributed by atoms with Crippen LogP contribution >= 0.6 is 11.8 Å². The Hall–Kier alpha value is -0.670. The predicted molar refractivity (Wildman–Crippen MR) is 124 cm³/mol. The number of thioether (sulfide) groups is 1. The Morgan fingerprint density at radius 1 is 0.938 bits per heavy atom. The molecule has 2 aliphatic rings. The van der Waals surface area contributed by atoms with Crippen molar-refractivity contribution in [3.8, 4) is 0 Å². The molecule has 186 valence electrons. The number of hydrogen-bond donors (Lipinski definition) is 0. The second kappa shape index (κ2) is 12.2. The second-order valence-electron chi connectivity index (χ2n) is 8.96. The van der Waals surface area contributed by atoms with Crippen molar-refractivity contribution < 1.29 is 33.3 Å². The number of carbonyl (C=O) groups is 2. The fourth-order valence-corrected chi connectivity index (χ4v) is 5.30. The third kappa shape index (κ3) is 5.52. The van der Waals surface area contributed by atoms with Crippen LogP contribution in [0.3, 0.4) is 0 Å². The minimum Gasteiger partial charge on any atom is -0.457 e. The van der Waals surface area contributed by atoms with Crippen LogP contribution < -0.4 is 0 Å². The molecule has 0 N–H and O–H groups in total. The molecule has 32 heavy (non-hydrogen) atoms. The van der Waals surface area contributed by atoms with E-state index in [1.807, 2.05) is 6.92 Å². The number of carbonyl (C=O) groups excluding carboxylic acids is 2. The summed E-state index contributed by atoms with van der Waals surface area (Å²) in [5, 5.41) is -0.266. The zero-order chi connectivity index (χ0) is 23.8. The highest BCUT2D eigenvalue weighted by atomic mass is 32.2. The average molecular weight is 475 g/mol. The summed E-state index contributed by atoms with van der Waals surface area (Å²) >= 11 is 1.11. The maximum absolute atomic E-state index is 13.4. The van der Waals surface area contributed by atoms with E-state index in [1.54, 1.807) is 13.8 Å². The highest BCUT2D eigenvalue weighted by molar-refractivity contribution is 8.13. The molecular weight excluding hydrogens is 432 g/mol. The molecule has 0 aromatic rings. The van der Waals surface area contributed by atoms with Crippen molar-refractivity contribution in [2.45, 2.75) is 121 Å². The summed E-state index contributed by atoms with van der Waals surface area (Å²) in [6.07, 6.45) is 9.28. The highest BCUT2D eigenvalue weighted by Crippen LogP contribution is 2.51. The van der Waals surface area contributed by atoms with Crippen LogP contribution in [0.2, 0.25) is 0 Å². The first-order valence-electron chi connectivity index (χ1n) is 12.1. The number of ether oxygens (including phenoxy) is 5. The van der Waals surface area contributed by atoms with Crippen LogP contribution in [0.25, 0.3) is 0 Å². The van der Waals surface area contributed by atoms with Crippen molar-refractivity contribution in [2.75, 3.05) is 20.0 Å². The molecule has 0 unspecified atom stereocenters. The van der Waals surface area contributed by atoms with Crippen LogP contribution in [-0.2, 0) is 33.3 Å². The Kier molecular flexibility index (Phi) is 10.5. The van der Waals surface area contributed by atoms with Gasteiger partial charge in [-0.25, -0.2) is 4.79 Å². The lowest BCUT2D eigenvalue weighted by molar-refractivity contribution is -0.453. The number of fused-ring (bicyclic) bond motifs is 1. The SMILES string of the molecule is CCCCCCCCCCC[C@H]1OC(=O)[C@@H]2O[C@@](C)(OC)[C@](C)(OC)O[C@]12C(=O)SCC. The van der Waals surface area contributed by atoms with E-state index in [2.05, 4.69) is 6.92 Å². The lowest BCUT2D eigenvalue weighted by Gasteiger charge is -2.53. The molecule has 0 spiro atoms. The molecule has 0 saturated carbocycles. The first-order chi connectivity index (χ1) is 15.2. The second-order valence-corrected chi connectivity index (χ2v) is 10.2. The Balaban J connectivity index is 2.09. The first-order valence-corrected chi connectivity index (χ1v) is 13.1. The van der Waals surface area contributed by atoms with Crippen LogP contribution in [-0.4, -0.2) is 60.4 Å². The zero-order valence-corrected chi connectivity index (χ0v) is 21.5. The summed E-state index contributed by atoms with van der Waals surface area (Å²) in [6.45, 7) is 7.42. The van der Waals surface area contributed by atoms with Gasteiger partial charge in [-0.15, -0.1) is 0 Å². The van der Waals surface area contributed by atoms with Gasteiger partial charge in [0.25, 0.3) is 0 Å². The topological polar surface area (TPSA) is 80.3 Å². The Morgan fingerprint density at radius 2 is 1.50 bits per heavy atom. The quantitative estimate of drug-likeness (QED) is 0.257. The van der Waals surface area contributed by atoms with Gasteiger partial charge in [-0.3, -0.25) is 4.79 Å². The van der Waals surface area contributed by atoms with Crippen molar-refractivity contribution in [3.05, 3.63) is 0 Å². The molecule has 0 radical (unpaired) electrons. The van der Waals surface area contributed by atoms with Crippen molar-refractivity contribution in [2.24, 2.45) is 0 Å². The molecule has 0 aliphatic carbocycles. The van der Waals surface area contributed by atoms with E-state index in [1.165, 1.54) is 52.7 Å². The molecule has 2 saturated heterocycles. The van der Waals surface area contributed by atoms with Crippen LogP contribution in [0.1, 0.15) is 91.9 Å². The van der Waals surface area contributed by atoms with E-state index < -0.39 is 35.4 Å². The number of esters is 1.